The Kier molecular flexibility index (Phi) is 5.02. The lowest BCUT2D eigenvalue weighted by molar-refractivity contribution is 0.0636. The summed E-state index contributed by atoms with van der Waals surface area (Å²) in [6, 6.07) is 9.97. The number of carbonyl (C=O) groups is 2. The van der Waals surface area contributed by atoms with Crippen LogP contribution in [-0.4, -0.2) is 54.8 Å². The topological polar surface area (TPSA) is 65.8 Å². The second-order valence-electron chi connectivity index (χ2n) is 6.95. The van der Waals surface area contributed by atoms with Crippen LogP contribution in [0.2, 0.25) is 0 Å². The molecular formula is C21H19F2N3O3. The molecule has 8 heteroatoms. The largest absolute Gasteiger partial charge is 0.449 e. The van der Waals surface area contributed by atoms with E-state index in [0.717, 1.165) is 12.1 Å². The van der Waals surface area contributed by atoms with Gasteiger partial charge in [0.1, 0.15) is 28.5 Å². The minimum atomic E-state index is -0.986. The van der Waals surface area contributed by atoms with Crippen molar-refractivity contribution in [1.29, 1.82) is 0 Å². The molecule has 1 saturated heterocycles. The van der Waals surface area contributed by atoms with Crippen LogP contribution < -0.4 is 5.32 Å². The van der Waals surface area contributed by atoms with Gasteiger partial charge in [0.05, 0.1) is 0 Å². The zero-order chi connectivity index (χ0) is 20.5. The van der Waals surface area contributed by atoms with Crippen LogP contribution in [0, 0.1) is 11.6 Å². The lowest BCUT2D eigenvalue weighted by Crippen LogP contribution is -2.47. The Morgan fingerprint density at radius 1 is 0.966 bits per heavy atom. The number of nitrogens with one attached hydrogen (secondary N) is 1. The highest BCUT2D eigenvalue weighted by Gasteiger charge is 2.29. The Labute approximate surface area is 165 Å². The molecule has 1 aliphatic rings. The maximum absolute atomic E-state index is 14.0. The number of anilines is 1. The molecule has 0 atom stereocenters. The Hall–Kier alpha value is -3.26. The molecule has 0 radical (unpaired) electrons. The average Bonchev–Trinajstić information content (AvgIpc) is 3.06. The summed E-state index contributed by atoms with van der Waals surface area (Å²) < 4.78 is 33.8. The zero-order valence-corrected chi connectivity index (χ0v) is 15.7. The minimum Gasteiger partial charge on any atom is -0.449 e. The van der Waals surface area contributed by atoms with E-state index in [-0.39, 0.29) is 17.4 Å². The molecular weight excluding hydrogens is 380 g/mol. The number of fused-ring (bicyclic) bond motifs is 1. The highest BCUT2D eigenvalue weighted by atomic mass is 19.1. The van der Waals surface area contributed by atoms with Crippen molar-refractivity contribution < 1.29 is 22.8 Å². The third kappa shape index (κ3) is 3.58. The summed E-state index contributed by atoms with van der Waals surface area (Å²) in [4.78, 5) is 29.4. The molecule has 1 fully saturated rings. The van der Waals surface area contributed by atoms with E-state index in [1.807, 2.05) is 7.05 Å². The number of benzene rings is 2. The second-order valence-corrected chi connectivity index (χ2v) is 6.95. The van der Waals surface area contributed by atoms with Crippen LogP contribution in [0.1, 0.15) is 20.9 Å². The van der Waals surface area contributed by atoms with E-state index < -0.39 is 23.1 Å². The molecule has 0 spiro atoms. The van der Waals surface area contributed by atoms with Gasteiger partial charge in [0.15, 0.2) is 0 Å². The number of amides is 2. The van der Waals surface area contributed by atoms with E-state index in [2.05, 4.69) is 10.2 Å². The lowest BCUT2D eigenvalue weighted by Gasteiger charge is -2.32. The van der Waals surface area contributed by atoms with Gasteiger partial charge < -0.3 is 19.5 Å². The molecule has 0 saturated carbocycles. The number of piperazine rings is 1. The first-order chi connectivity index (χ1) is 14.0. The van der Waals surface area contributed by atoms with Crippen LogP contribution in [-0.2, 0) is 0 Å². The van der Waals surface area contributed by atoms with E-state index in [1.165, 1.54) is 6.07 Å². The molecule has 2 aromatic carbocycles. The summed E-state index contributed by atoms with van der Waals surface area (Å²) in [7, 11) is 1.97. The second kappa shape index (κ2) is 7.63. The number of likely N-dealkylation sites (N-methyl/N-ethyl adjacent to an activating group) is 1. The van der Waals surface area contributed by atoms with E-state index in [4.69, 9.17) is 4.42 Å². The molecule has 2 heterocycles. The van der Waals surface area contributed by atoms with Gasteiger partial charge in [0, 0.05) is 31.6 Å². The van der Waals surface area contributed by atoms with E-state index in [0.29, 0.717) is 37.1 Å². The van der Waals surface area contributed by atoms with E-state index in [9.17, 15) is 18.4 Å². The first-order valence-electron chi connectivity index (χ1n) is 9.20. The number of para-hydroxylation sites is 1. The average molecular weight is 399 g/mol. The first-order valence-corrected chi connectivity index (χ1v) is 9.20. The van der Waals surface area contributed by atoms with Gasteiger partial charge in [-0.15, -0.1) is 0 Å². The number of hydrogen-bond acceptors (Lipinski definition) is 4. The summed E-state index contributed by atoms with van der Waals surface area (Å²) in [5, 5.41) is 2.97. The van der Waals surface area contributed by atoms with Crippen molar-refractivity contribution >= 4 is 28.5 Å². The van der Waals surface area contributed by atoms with Gasteiger partial charge in [0.25, 0.3) is 11.8 Å². The Morgan fingerprint density at radius 3 is 2.31 bits per heavy atom. The molecule has 3 aromatic rings. The number of rotatable bonds is 3. The summed E-state index contributed by atoms with van der Waals surface area (Å²) in [6.45, 7) is 2.46. The van der Waals surface area contributed by atoms with Crippen LogP contribution in [0.5, 0.6) is 0 Å². The molecule has 4 rings (SSSR count). The maximum Gasteiger partial charge on any atom is 0.291 e. The van der Waals surface area contributed by atoms with Crippen molar-refractivity contribution in [2.75, 3.05) is 38.5 Å². The fourth-order valence-electron chi connectivity index (χ4n) is 3.36. The van der Waals surface area contributed by atoms with Crippen LogP contribution in [0.4, 0.5) is 14.5 Å². The third-order valence-corrected chi connectivity index (χ3v) is 5.01. The Balaban J connectivity index is 1.72. The van der Waals surface area contributed by atoms with Crippen LogP contribution >= 0.6 is 0 Å². The molecule has 6 nitrogen and oxygen atoms in total. The zero-order valence-electron chi connectivity index (χ0n) is 15.7. The molecule has 29 heavy (non-hydrogen) atoms. The molecule has 1 N–H and O–H groups in total. The lowest BCUT2D eigenvalue weighted by atomic mass is 10.1. The van der Waals surface area contributed by atoms with Crippen molar-refractivity contribution in [3.05, 3.63) is 65.4 Å². The van der Waals surface area contributed by atoms with Crippen LogP contribution in [0.3, 0.4) is 0 Å². The first kappa shape index (κ1) is 19.1. The van der Waals surface area contributed by atoms with Gasteiger partial charge in [-0.3, -0.25) is 9.59 Å². The van der Waals surface area contributed by atoms with Crippen molar-refractivity contribution in [3.63, 3.8) is 0 Å². The van der Waals surface area contributed by atoms with Gasteiger partial charge in [0.2, 0.25) is 5.76 Å². The van der Waals surface area contributed by atoms with Crippen molar-refractivity contribution in [1.82, 2.24) is 9.80 Å². The van der Waals surface area contributed by atoms with Gasteiger partial charge in [-0.25, -0.2) is 8.78 Å². The molecule has 1 aliphatic heterocycles. The fraction of sp³-hybridized carbons (Fsp3) is 0.238. The number of furan rings is 1. The molecule has 0 bridgehead atoms. The number of halogens is 2. The standard InChI is InChI=1S/C21H19F2N3O3/c1-25-9-11-26(12-10-25)21(28)19-18(13-5-2-3-8-16(13)29-19)24-20(27)17-14(22)6-4-7-15(17)23/h2-8H,9-12H2,1H3,(H,24,27). The van der Waals surface area contributed by atoms with E-state index in [1.54, 1.807) is 29.2 Å². The van der Waals surface area contributed by atoms with Gasteiger partial charge >= 0.3 is 0 Å². The Morgan fingerprint density at radius 2 is 1.62 bits per heavy atom. The molecule has 2 amide bonds. The highest BCUT2D eigenvalue weighted by molar-refractivity contribution is 6.14. The van der Waals surface area contributed by atoms with Crippen molar-refractivity contribution in [3.8, 4) is 0 Å². The molecule has 1 aromatic heterocycles. The predicted molar refractivity (Wildman–Crippen MR) is 104 cm³/mol. The molecule has 150 valence electrons. The minimum absolute atomic E-state index is 0.0548. The normalized spacial score (nSPS) is 14.9. The highest BCUT2D eigenvalue weighted by Crippen LogP contribution is 2.32. The fourth-order valence-corrected chi connectivity index (χ4v) is 3.36. The molecule has 0 aliphatic carbocycles. The number of carbonyl (C=O) groups excluding carboxylic acids is 2. The van der Waals surface area contributed by atoms with Gasteiger partial charge in [-0.2, -0.15) is 0 Å². The summed E-state index contributed by atoms with van der Waals surface area (Å²) in [6.07, 6.45) is 0. The smallest absolute Gasteiger partial charge is 0.291 e. The van der Waals surface area contributed by atoms with Gasteiger partial charge in [-0.05, 0) is 31.3 Å². The van der Waals surface area contributed by atoms with Crippen molar-refractivity contribution in [2.24, 2.45) is 0 Å². The third-order valence-electron chi connectivity index (χ3n) is 5.01. The van der Waals surface area contributed by atoms with Crippen LogP contribution in [0.25, 0.3) is 11.0 Å². The maximum atomic E-state index is 14.0. The quantitative estimate of drug-likeness (QED) is 0.734. The molecule has 0 unspecified atom stereocenters. The predicted octanol–water partition coefficient (Wildman–Crippen LogP) is 3.35. The summed E-state index contributed by atoms with van der Waals surface area (Å²) >= 11 is 0. The van der Waals surface area contributed by atoms with E-state index >= 15 is 0 Å². The van der Waals surface area contributed by atoms with Crippen LogP contribution in [0.15, 0.2) is 46.9 Å². The summed E-state index contributed by atoms with van der Waals surface area (Å²) in [5.41, 5.74) is -0.206. The van der Waals surface area contributed by atoms with Gasteiger partial charge in [-0.1, -0.05) is 18.2 Å². The SMILES string of the molecule is CN1CCN(C(=O)c2oc3ccccc3c2NC(=O)c2c(F)cccc2F)CC1. The number of nitrogens with zero attached hydrogens (tertiary/aromatic N) is 2. The summed E-state index contributed by atoms with van der Waals surface area (Å²) in [5.74, 6) is -3.39. The Bertz CT molecular complexity index is 1070. The monoisotopic (exact) mass is 399 g/mol. The number of hydrogen-bond donors (Lipinski definition) is 1. The van der Waals surface area contributed by atoms with Crippen molar-refractivity contribution in [2.45, 2.75) is 0 Å².